The van der Waals surface area contributed by atoms with Gasteiger partial charge in [0, 0.05) is 35.2 Å². The molecule has 1 amide bonds. The van der Waals surface area contributed by atoms with Gasteiger partial charge in [-0.3, -0.25) is 4.79 Å². The molecule has 0 spiro atoms. The van der Waals surface area contributed by atoms with E-state index in [9.17, 15) is 33.0 Å². The molecule has 35 heavy (non-hydrogen) atoms. The predicted octanol–water partition coefficient (Wildman–Crippen LogP) is 0.281. The molecule has 4 rings (SSSR count). The highest BCUT2D eigenvalue weighted by molar-refractivity contribution is 8.03. The van der Waals surface area contributed by atoms with Gasteiger partial charge in [-0.2, -0.15) is 0 Å². The minimum absolute atomic E-state index is 0.0105. The molecule has 0 radical (unpaired) electrons. The molecule has 13 heteroatoms. The Labute approximate surface area is 206 Å². The van der Waals surface area contributed by atoms with E-state index in [1.807, 2.05) is 6.92 Å². The molecule has 2 unspecified atom stereocenters. The number of sulfonamides is 1. The standard InChI is InChI=1S/C22H27N3O8S2/c1-10-17-16(11(2)26)20(27)25(17)18(22(30)31)19(10)34-14-7-13(23-9-14)8-24-35(32,33)15-5-3-12(4-6-15)21(28)29/h3-6,10-11,13-14,16-17,23-24,26H,7-9H2,1-2H3,(H,28,29)(H,30,31)/t10-,11-,13+,14-,16?,17?/m1/s1. The molecule has 6 atom stereocenters. The van der Waals surface area contributed by atoms with Gasteiger partial charge in [-0.1, -0.05) is 6.92 Å². The highest BCUT2D eigenvalue weighted by atomic mass is 32.2. The third-order valence-electron chi connectivity index (χ3n) is 6.72. The van der Waals surface area contributed by atoms with Gasteiger partial charge in [0.2, 0.25) is 15.9 Å². The van der Waals surface area contributed by atoms with Gasteiger partial charge in [-0.05, 0) is 37.6 Å². The summed E-state index contributed by atoms with van der Waals surface area (Å²) in [5, 5.41) is 31.9. The Morgan fingerprint density at radius 2 is 1.89 bits per heavy atom. The molecule has 1 aromatic rings. The van der Waals surface area contributed by atoms with E-state index in [-0.39, 0.29) is 51.9 Å². The van der Waals surface area contributed by atoms with Gasteiger partial charge in [-0.15, -0.1) is 11.8 Å². The lowest BCUT2D eigenvalue weighted by Gasteiger charge is -2.46. The monoisotopic (exact) mass is 525 g/mol. The number of aliphatic hydroxyl groups is 1. The number of β-lactam (4-membered cyclic amide) rings is 1. The van der Waals surface area contributed by atoms with Gasteiger partial charge in [-0.25, -0.2) is 22.7 Å². The number of hydrogen-bond acceptors (Lipinski definition) is 8. The normalized spacial score (nSPS) is 29.2. The average molecular weight is 526 g/mol. The zero-order valence-electron chi connectivity index (χ0n) is 19.0. The van der Waals surface area contributed by atoms with Crippen LogP contribution in [0.5, 0.6) is 0 Å². The summed E-state index contributed by atoms with van der Waals surface area (Å²) in [5.74, 6) is -3.55. The number of amides is 1. The number of nitrogens with one attached hydrogen (secondary N) is 2. The molecular weight excluding hydrogens is 498 g/mol. The number of aliphatic carboxylic acids is 1. The van der Waals surface area contributed by atoms with Crippen LogP contribution in [-0.4, -0.2) is 83.0 Å². The fourth-order valence-electron chi connectivity index (χ4n) is 4.96. The van der Waals surface area contributed by atoms with E-state index in [0.717, 1.165) is 0 Å². The van der Waals surface area contributed by atoms with Crippen LogP contribution in [-0.2, 0) is 19.6 Å². The summed E-state index contributed by atoms with van der Waals surface area (Å²) in [6.07, 6.45) is -0.288. The lowest BCUT2D eigenvalue weighted by Crippen LogP contribution is -2.63. The zero-order chi connectivity index (χ0) is 25.7. The van der Waals surface area contributed by atoms with Gasteiger partial charge in [0.1, 0.15) is 5.70 Å². The Bertz CT molecular complexity index is 1180. The summed E-state index contributed by atoms with van der Waals surface area (Å²) in [6.45, 7) is 4.04. The molecule has 2 fully saturated rings. The van der Waals surface area contributed by atoms with Crippen molar-refractivity contribution in [3.63, 3.8) is 0 Å². The van der Waals surface area contributed by atoms with Crippen molar-refractivity contribution >= 4 is 39.6 Å². The van der Waals surface area contributed by atoms with Crippen LogP contribution < -0.4 is 10.0 Å². The van der Waals surface area contributed by atoms with Crippen LogP contribution in [0, 0.1) is 11.8 Å². The number of hydrogen-bond donors (Lipinski definition) is 5. The van der Waals surface area contributed by atoms with Crippen molar-refractivity contribution in [2.24, 2.45) is 11.8 Å². The van der Waals surface area contributed by atoms with E-state index < -0.39 is 34.0 Å². The zero-order valence-corrected chi connectivity index (χ0v) is 20.7. The molecule has 2 saturated heterocycles. The number of thioether (sulfide) groups is 1. The fourth-order valence-corrected chi connectivity index (χ4v) is 7.56. The Hall–Kier alpha value is -2.45. The van der Waals surface area contributed by atoms with E-state index in [2.05, 4.69) is 10.0 Å². The van der Waals surface area contributed by atoms with Crippen LogP contribution in [0.3, 0.4) is 0 Å². The summed E-state index contributed by atoms with van der Waals surface area (Å²) < 4.78 is 27.7. The lowest BCUT2D eigenvalue weighted by molar-refractivity contribution is -0.163. The maximum absolute atomic E-state index is 12.6. The van der Waals surface area contributed by atoms with Gasteiger partial charge < -0.3 is 25.5 Å². The minimum atomic E-state index is -3.83. The molecular formula is C22H27N3O8S2. The summed E-state index contributed by atoms with van der Waals surface area (Å²) in [4.78, 5) is 37.2. The van der Waals surface area contributed by atoms with Crippen molar-refractivity contribution in [1.82, 2.24) is 14.9 Å². The highest BCUT2D eigenvalue weighted by Crippen LogP contribution is 2.51. The fraction of sp³-hybridized carbons (Fsp3) is 0.500. The van der Waals surface area contributed by atoms with E-state index >= 15 is 0 Å². The maximum Gasteiger partial charge on any atom is 0.353 e. The lowest BCUT2D eigenvalue weighted by atomic mass is 9.79. The molecule has 0 aliphatic carbocycles. The van der Waals surface area contributed by atoms with Crippen molar-refractivity contribution in [3.8, 4) is 0 Å². The van der Waals surface area contributed by atoms with Gasteiger partial charge in [0.15, 0.2) is 0 Å². The van der Waals surface area contributed by atoms with Crippen LogP contribution in [0.15, 0.2) is 39.8 Å². The van der Waals surface area contributed by atoms with E-state index in [4.69, 9.17) is 5.11 Å². The van der Waals surface area contributed by atoms with E-state index in [0.29, 0.717) is 17.9 Å². The SMILES string of the molecule is C[C@@H](O)C1C(=O)N2C(C(=O)O)=C(S[C@H]3CN[C@H](CNS(=O)(=O)c4ccc(C(=O)O)cc4)C3)[C@H](C)C12. The number of fused-ring (bicyclic) bond motifs is 1. The van der Waals surface area contributed by atoms with E-state index in [1.54, 1.807) is 0 Å². The van der Waals surface area contributed by atoms with Crippen molar-refractivity contribution in [2.45, 2.75) is 48.6 Å². The number of nitrogens with zero attached hydrogens (tertiary/aromatic N) is 1. The third kappa shape index (κ3) is 4.70. The summed E-state index contributed by atoms with van der Waals surface area (Å²) in [6, 6.07) is 4.36. The molecule has 190 valence electrons. The largest absolute Gasteiger partial charge is 0.478 e. The molecule has 3 heterocycles. The topological polar surface area (TPSA) is 173 Å². The highest BCUT2D eigenvalue weighted by Gasteiger charge is 2.60. The number of benzene rings is 1. The molecule has 5 N–H and O–H groups in total. The van der Waals surface area contributed by atoms with Crippen LogP contribution in [0.2, 0.25) is 0 Å². The van der Waals surface area contributed by atoms with Crippen LogP contribution >= 0.6 is 11.8 Å². The first-order valence-corrected chi connectivity index (χ1v) is 13.5. The predicted molar refractivity (Wildman–Crippen MR) is 126 cm³/mol. The second kappa shape index (κ2) is 9.54. The Kier molecular flexibility index (Phi) is 6.99. The maximum atomic E-state index is 12.6. The number of carboxylic acid groups (broad SMARTS) is 2. The third-order valence-corrected chi connectivity index (χ3v) is 9.67. The van der Waals surface area contributed by atoms with Crippen molar-refractivity contribution < 1.29 is 38.1 Å². The summed E-state index contributed by atoms with van der Waals surface area (Å²) >= 11 is 1.39. The van der Waals surface area contributed by atoms with Gasteiger partial charge in [0.25, 0.3) is 0 Å². The molecule has 1 aromatic carbocycles. The molecule has 0 bridgehead atoms. The molecule has 0 aromatic heterocycles. The first-order chi connectivity index (χ1) is 16.4. The Balaban J connectivity index is 1.38. The number of carboxylic acids is 2. The first kappa shape index (κ1) is 25.6. The molecule has 11 nitrogen and oxygen atoms in total. The van der Waals surface area contributed by atoms with Crippen molar-refractivity contribution in [1.29, 1.82) is 0 Å². The number of rotatable bonds is 9. The molecule has 3 aliphatic rings. The summed E-state index contributed by atoms with van der Waals surface area (Å²) in [5.41, 5.74) is -0.0351. The van der Waals surface area contributed by atoms with E-state index in [1.165, 1.54) is 47.9 Å². The average Bonchev–Trinajstić information content (AvgIpc) is 3.33. The van der Waals surface area contributed by atoms with Crippen LogP contribution in [0.1, 0.15) is 30.6 Å². The minimum Gasteiger partial charge on any atom is -0.478 e. The molecule has 3 aliphatic heterocycles. The van der Waals surface area contributed by atoms with Crippen molar-refractivity contribution in [2.75, 3.05) is 13.1 Å². The second-order valence-electron chi connectivity index (χ2n) is 9.03. The van der Waals surface area contributed by atoms with Crippen molar-refractivity contribution in [3.05, 3.63) is 40.4 Å². The van der Waals surface area contributed by atoms with Gasteiger partial charge in [0.05, 0.1) is 28.5 Å². The number of carbonyl (C=O) groups excluding carboxylic acids is 1. The second-order valence-corrected chi connectivity index (χ2v) is 12.1. The smallest absolute Gasteiger partial charge is 0.353 e. The first-order valence-electron chi connectivity index (χ1n) is 11.1. The Morgan fingerprint density at radius 3 is 2.46 bits per heavy atom. The number of aromatic carboxylic acids is 1. The Morgan fingerprint density at radius 1 is 1.23 bits per heavy atom. The summed E-state index contributed by atoms with van der Waals surface area (Å²) in [7, 11) is -3.83. The molecule has 0 saturated carbocycles. The quantitative estimate of drug-likeness (QED) is 0.282. The van der Waals surface area contributed by atoms with Crippen LogP contribution in [0.25, 0.3) is 0 Å². The van der Waals surface area contributed by atoms with Crippen LogP contribution in [0.4, 0.5) is 0 Å². The number of carbonyl (C=O) groups is 3. The number of aliphatic hydroxyl groups excluding tert-OH is 1. The van der Waals surface area contributed by atoms with Gasteiger partial charge >= 0.3 is 11.9 Å².